The van der Waals surface area contributed by atoms with Crippen molar-refractivity contribution in [2.75, 3.05) is 33.7 Å². The van der Waals surface area contributed by atoms with Crippen molar-refractivity contribution < 1.29 is 0 Å². The van der Waals surface area contributed by atoms with Gasteiger partial charge in [0.25, 0.3) is 0 Å². The fraction of sp³-hybridized carbons (Fsp3) is 0.800. The molecule has 0 saturated carbocycles. The Hall–Kier alpha value is -0.340. The minimum absolute atomic E-state index is 0.868. The maximum absolute atomic E-state index is 3.48. The van der Waals surface area contributed by atoms with Crippen LogP contribution in [0.1, 0.15) is 12.8 Å². The van der Waals surface area contributed by atoms with Gasteiger partial charge in [0.2, 0.25) is 0 Å². The molecule has 0 aromatic heterocycles. The lowest BCUT2D eigenvalue weighted by Gasteiger charge is -2.13. The van der Waals surface area contributed by atoms with Gasteiger partial charge in [0, 0.05) is 13.1 Å². The Morgan fingerprint density at radius 3 is 2.58 bits per heavy atom. The fourth-order valence-corrected chi connectivity index (χ4v) is 1.45. The van der Waals surface area contributed by atoms with E-state index in [-0.39, 0.29) is 0 Å². The normalized spacial score (nSPS) is 17.9. The SMILES string of the molecule is CN(C)CCNCC1CC=CC1. The van der Waals surface area contributed by atoms with Crippen molar-refractivity contribution in [1.82, 2.24) is 10.2 Å². The Morgan fingerprint density at radius 1 is 1.33 bits per heavy atom. The number of nitrogens with zero attached hydrogens (tertiary/aromatic N) is 1. The number of allylic oxidation sites excluding steroid dienone is 2. The molecule has 2 heteroatoms. The molecule has 0 bridgehead atoms. The minimum Gasteiger partial charge on any atom is -0.315 e. The monoisotopic (exact) mass is 168 g/mol. The van der Waals surface area contributed by atoms with Crippen LogP contribution in [0.5, 0.6) is 0 Å². The number of rotatable bonds is 5. The predicted molar refractivity (Wildman–Crippen MR) is 53.3 cm³/mol. The maximum Gasteiger partial charge on any atom is 0.0101 e. The van der Waals surface area contributed by atoms with E-state index in [4.69, 9.17) is 0 Å². The molecule has 0 aromatic rings. The van der Waals surface area contributed by atoms with Gasteiger partial charge in [0.1, 0.15) is 0 Å². The van der Waals surface area contributed by atoms with Gasteiger partial charge in [-0.25, -0.2) is 0 Å². The third kappa shape index (κ3) is 3.88. The summed E-state index contributed by atoms with van der Waals surface area (Å²) in [4.78, 5) is 2.21. The second-order valence-corrected chi connectivity index (χ2v) is 3.82. The molecule has 2 nitrogen and oxygen atoms in total. The van der Waals surface area contributed by atoms with Gasteiger partial charge in [0.15, 0.2) is 0 Å². The molecule has 0 aliphatic heterocycles. The van der Waals surface area contributed by atoms with Gasteiger partial charge in [-0.05, 0) is 39.4 Å². The number of likely N-dealkylation sites (N-methyl/N-ethyl adjacent to an activating group) is 1. The highest BCUT2D eigenvalue weighted by Crippen LogP contribution is 2.15. The number of nitrogens with one attached hydrogen (secondary N) is 1. The van der Waals surface area contributed by atoms with Crippen molar-refractivity contribution in [3.05, 3.63) is 12.2 Å². The summed E-state index contributed by atoms with van der Waals surface area (Å²) in [5, 5.41) is 3.48. The highest BCUT2D eigenvalue weighted by Gasteiger charge is 2.08. The van der Waals surface area contributed by atoms with Crippen LogP contribution < -0.4 is 5.32 Å². The second kappa shape index (κ2) is 5.33. The first-order chi connectivity index (χ1) is 5.79. The van der Waals surface area contributed by atoms with Crippen molar-refractivity contribution in [3.63, 3.8) is 0 Å². The van der Waals surface area contributed by atoms with Crippen LogP contribution in [-0.4, -0.2) is 38.6 Å². The molecular formula is C10H20N2. The molecule has 0 spiro atoms. The first kappa shape index (κ1) is 9.75. The second-order valence-electron chi connectivity index (χ2n) is 3.82. The smallest absolute Gasteiger partial charge is 0.0101 e. The Kier molecular flexibility index (Phi) is 4.33. The average molecular weight is 168 g/mol. The van der Waals surface area contributed by atoms with E-state index in [0.29, 0.717) is 0 Å². The van der Waals surface area contributed by atoms with Crippen LogP contribution in [0.25, 0.3) is 0 Å². The van der Waals surface area contributed by atoms with Gasteiger partial charge in [-0.3, -0.25) is 0 Å². The number of hydrogen-bond acceptors (Lipinski definition) is 2. The summed E-state index contributed by atoms with van der Waals surface area (Å²) < 4.78 is 0. The molecular weight excluding hydrogens is 148 g/mol. The molecule has 1 N–H and O–H groups in total. The summed E-state index contributed by atoms with van der Waals surface area (Å²) in [6, 6.07) is 0. The predicted octanol–water partition coefficient (Wildman–Crippen LogP) is 1.10. The topological polar surface area (TPSA) is 15.3 Å². The summed E-state index contributed by atoms with van der Waals surface area (Å²) in [6.45, 7) is 3.44. The molecule has 1 rings (SSSR count). The third-order valence-corrected chi connectivity index (χ3v) is 2.27. The average Bonchev–Trinajstić information content (AvgIpc) is 2.49. The molecule has 0 fully saturated rings. The molecule has 0 saturated heterocycles. The van der Waals surface area contributed by atoms with Crippen molar-refractivity contribution >= 4 is 0 Å². The molecule has 0 atom stereocenters. The largest absolute Gasteiger partial charge is 0.315 e. The van der Waals surface area contributed by atoms with E-state index in [1.54, 1.807) is 0 Å². The minimum atomic E-state index is 0.868. The Labute approximate surface area is 75.6 Å². The molecule has 70 valence electrons. The van der Waals surface area contributed by atoms with Crippen LogP contribution in [0.3, 0.4) is 0 Å². The van der Waals surface area contributed by atoms with Gasteiger partial charge in [-0.15, -0.1) is 0 Å². The Morgan fingerprint density at radius 2 is 2.00 bits per heavy atom. The van der Waals surface area contributed by atoms with Crippen molar-refractivity contribution in [3.8, 4) is 0 Å². The zero-order valence-corrected chi connectivity index (χ0v) is 8.21. The standard InChI is InChI=1S/C10H20N2/c1-12(2)8-7-11-9-10-5-3-4-6-10/h3-4,10-11H,5-9H2,1-2H3. The lowest BCUT2D eigenvalue weighted by molar-refractivity contribution is 0.389. The van der Waals surface area contributed by atoms with Gasteiger partial charge in [-0.1, -0.05) is 12.2 Å². The van der Waals surface area contributed by atoms with E-state index in [2.05, 4.69) is 36.5 Å². The zero-order valence-electron chi connectivity index (χ0n) is 8.21. The van der Waals surface area contributed by atoms with Crippen LogP contribution in [0.4, 0.5) is 0 Å². The van der Waals surface area contributed by atoms with E-state index in [1.165, 1.54) is 19.4 Å². The molecule has 0 aromatic carbocycles. The van der Waals surface area contributed by atoms with E-state index in [9.17, 15) is 0 Å². The summed E-state index contributed by atoms with van der Waals surface area (Å²) in [5.74, 6) is 0.868. The van der Waals surface area contributed by atoms with E-state index >= 15 is 0 Å². The Balaban J connectivity index is 1.89. The molecule has 0 radical (unpaired) electrons. The summed E-state index contributed by atoms with van der Waals surface area (Å²) in [7, 11) is 4.22. The fourth-order valence-electron chi connectivity index (χ4n) is 1.45. The highest BCUT2D eigenvalue weighted by molar-refractivity contribution is 4.94. The van der Waals surface area contributed by atoms with Crippen molar-refractivity contribution in [2.45, 2.75) is 12.8 Å². The molecule has 12 heavy (non-hydrogen) atoms. The van der Waals surface area contributed by atoms with Gasteiger partial charge >= 0.3 is 0 Å². The highest BCUT2D eigenvalue weighted by atomic mass is 15.1. The molecule has 0 heterocycles. The first-order valence-corrected chi connectivity index (χ1v) is 4.79. The van der Waals surface area contributed by atoms with E-state index in [0.717, 1.165) is 19.0 Å². The van der Waals surface area contributed by atoms with Crippen LogP contribution in [-0.2, 0) is 0 Å². The van der Waals surface area contributed by atoms with Crippen LogP contribution in [0, 0.1) is 5.92 Å². The van der Waals surface area contributed by atoms with Crippen LogP contribution in [0.2, 0.25) is 0 Å². The van der Waals surface area contributed by atoms with Crippen LogP contribution in [0.15, 0.2) is 12.2 Å². The van der Waals surface area contributed by atoms with Crippen molar-refractivity contribution in [2.24, 2.45) is 5.92 Å². The van der Waals surface area contributed by atoms with E-state index in [1.807, 2.05) is 0 Å². The quantitative estimate of drug-likeness (QED) is 0.488. The Bertz CT molecular complexity index is 133. The van der Waals surface area contributed by atoms with Gasteiger partial charge in [0.05, 0.1) is 0 Å². The van der Waals surface area contributed by atoms with Gasteiger partial charge < -0.3 is 10.2 Å². The van der Waals surface area contributed by atoms with Crippen LogP contribution >= 0.6 is 0 Å². The molecule has 1 aliphatic carbocycles. The van der Waals surface area contributed by atoms with Crippen molar-refractivity contribution in [1.29, 1.82) is 0 Å². The summed E-state index contributed by atoms with van der Waals surface area (Å²) >= 11 is 0. The molecule has 1 aliphatic rings. The number of hydrogen-bond donors (Lipinski definition) is 1. The lowest BCUT2D eigenvalue weighted by Crippen LogP contribution is -2.29. The lowest BCUT2D eigenvalue weighted by atomic mass is 10.1. The van der Waals surface area contributed by atoms with E-state index < -0.39 is 0 Å². The molecule has 0 amide bonds. The third-order valence-electron chi connectivity index (χ3n) is 2.27. The molecule has 0 unspecified atom stereocenters. The zero-order chi connectivity index (χ0) is 8.81. The van der Waals surface area contributed by atoms with Gasteiger partial charge in [-0.2, -0.15) is 0 Å². The summed E-state index contributed by atoms with van der Waals surface area (Å²) in [6.07, 6.45) is 7.13. The maximum atomic E-state index is 3.48. The first-order valence-electron chi connectivity index (χ1n) is 4.79. The summed E-state index contributed by atoms with van der Waals surface area (Å²) in [5.41, 5.74) is 0.